The van der Waals surface area contributed by atoms with Crippen molar-refractivity contribution in [3.8, 4) is 5.75 Å². The van der Waals surface area contributed by atoms with Crippen LogP contribution >= 0.6 is 0 Å². The van der Waals surface area contributed by atoms with Gasteiger partial charge in [0.05, 0.1) is 23.6 Å². The Morgan fingerprint density at radius 3 is 2.71 bits per heavy atom. The molecule has 10 heteroatoms. The molecule has 0 amide bonds. The number of nitrogens with one attached hydrogen (secondary N) is 2. The average molecular weight is 434 g/mol. The van der Waals surface area contributed by atoms with E-state index in [1.54, 1.807) is 0 Å². The van der Waals surface area contributed by atoms with Gasteiger partial charge in [-0.25, -0.2) is 9.97 Å². The molecular formula is C21H21F3N4O3. The zero-order valence-electron chi connectivity index (χ0n) is 16.4. The van der Waals surface area contributed by atoms with Crippen LogP contribution in [0.4, 0.5) is 19.0 Å². The Morgan fingerprint density at radius 2 is 1.94 bits per heavy atom. The molecule has 0 bridgehead atoms. The average Bonchev–Trinajstić information content (AvgIpc) is 3.20. The van der Waals surface area contributed by atoms with Gasteiger partial charge in [-0.1, -0.05) is 18.2 Å². The van der Waals surface area contributed by atoms with Crippen molar-refractivity contribution in [3.05, 3.63) is 47.9 Å². The van der Waals surface area contributed by atoms with Crippen molar-refractivity contribution in [2.24, 2.45) is 5.92 Å². The number of aliphatic hydroxyl groups is 1. The third-order valence-electron chi connectivity index (χ3n) is 6.15. The molecule has 0 radical (unpaired) electrons. The van der Waals surface area contributed by atoms with E-state index < -0.39 is 23.5 Å². The number of fused-ring (bicyclic) bond motifs is 2. The third kappa shape index (κ3) is 3.59. The Kier molecular flexibility index (Phi) is 4.78. The minimum Gasteiger partial charge on any atom is -0.493 e. The highest BCUT2D eigenvalue weighted by atomic mass is 19.4. The molecule has 3 N–H and O–H groups in total. The summed E-state index contributed by atoms with van der Waals surface area (Å²) in [5, 5.41) is 14.9. The van der Waals surface area contributed by atoms with Crippen LogP contribution < -0.4 is 10.1 Å². The van der Waals surface area contributed by atoms with Gasteiger partial charge in [0, 0.05) is 37.5 Å². The van der Waals surface area contributed by atoms with Crippen LogP contribution in [0.1, 0.15) is 30.1 Å². The third-order valence-corrected chi connectivity index (χ3v) is 6.15. The summed E-state index contributed by atoms with van der Waals surface area (Å²) >= 11 is 0. The molecule has 31 heavy (non-hydrogen) atoms. The van der Waals surface area contributed by atoms with Gasteiger partial charge in [0.15, 0.2) is 0 Å². The highest BCUT2D eigenvalue weighted by Crippen LogP contribution is 2.45. The lowest BCUT2D eigenvalue weighted by molar-refractivity contribution is -0.140. The van der Waals surface area contributed by atoms with E-state index in [2.05, 4.69) is 20.3 Å². The van der Waals surface area contributed by atoms with Gasteiger partial charge >= 0.3 is 6.18 Å². The van der Waals surface area contributed by atoms with Crippen LogP contribution in [0.2, 0.25) is 0 Å². The highest BCUT2D eigenvalue weighted by molar-refractivity contribution is 5.88. The summed E-state index contributed by atoms with van der Waals surface area (Å²) in [4.78, 5) is 10.5. The number of anilines is 1. The Balaban J connectivity index is 1.57. The molecule has 2 aliphatic heterocycles. The predicted molar refractivity (Wildman–Crippen MR) is 106 cm³/mol. The van der Waals surface area contributed by atoms with Gasteiger partial charge in [-0.3, -0.25) is 0 Å². The first kappa shape index (κ1) is 20.1. The van der Waals surface area contributed by atoms with E-state index >= 15 is 0 Å². The Hall–Kier alpha value is -2.85. The number of halogens is 3. The quantitative estimate of drug-likeness (QED) is 0.583. The lowest BCUT2D eigenvalue weighted by atomic mass is 9.74. The van der Waals surface area contributed by atoms with E-state index in [0.29, 0.717) is 31.8 Å². The maximum absolute atomic E-state index is 13.2. The molecule has 0 unspecified atom stereocenters. The van der Waals surface area contributed by atoms with Crippen molar-refractivity contribution in [3.63, 3.8) is 0 Å². The minimum absolute atomic E-state index is 0.0893. The normalized spacial score (nSPS) is 23.2. The van der Waals surface area contributed by atoms with Crippen LogP contribution in [0.5, 0.6) is 5.75 Å². The first-order valence-corrected chi connectivity index (χ1v) is 10.0. The number of H-pyrrole nitrogens is 1. The molecule has 0 aliphatic carbocycles. The van der Waals surface area contributed by atoms with Crippen molar-refractivity contribution in [2.75, 3.05) is 25.1 Å². The van der Waals surface area contributed by atoms with Crippen molar-refractivity contribution < 1.29 is 27.8 Å². The predicted octanol–water partition coefficient (Wildman–Crippen LogP) is 3.68. The number of hydrogen-bond donors (Lipinski definition) is 3. The lowest BCUT2D eigenvalue weighted by Crippen LogP contribution is -2.51. The van der Waals surface area contributed by atoms with Crippen LogP contribution in [0.25, 0.3) is 11.0 Å². The summed E-state index contributed by atoms with van der Waals surface area (Å²) in [7, 11) is 0. The van der Waals surface area contributed by atoms with E-state index in [1.165, 1.54) is 6.33 Å². The minimum atomic E-state index is -4.52. The first-order valence-electron chi connectivity index (χ1n) is 10.0. The number of aromatic nitrogens is 3. The number of aromatic amines is 1. The molecule has 2 aromatic heterocycles. The van der Waals surface area contributed by atoms with Gasteiger partial charge in [0.1, 0.15) is 29.2 Å². The molecule has 2 atom stereocenters. The maximum Gasteiger partial charge on any atom is 0.431 e. The molecule has 1 aromatic carbocycles. The molecule has 7 nitrogen and oxygen atoms in total. The second-order valence-electron chi connectivity index (χ2n) is 7.96. The van der Waals surface area contributed by atoms with Crippen molar-refractivity contribution in [1.82, 2.24) is 15.0 Å². The number of benzene rings is 1. The SMILES string of the molecule is OC1([C@H]2COc3ccccc3[C@@H]2Nc2ncnc3[nH]c(C(F)(F)F)cc23)CCOCC1. The van der Waals surface area contributed by atoms with Crippen molar-refractivity contribution in [2.45, 2.75) is 30.7 Å². The first-order chi connectivity index (χ1) is 14.9. The van der Waals surface area contributed by atoms with Crippen LogP contribution in [-0.4, -0.2) is 45.5 Å². The number of ether oxygens (including phenoxy) is 2. The van der Waals surface area contributed by atoms with Gasteiger partial charge in [0.2, 0.25) is 0 Å². The molecule has 5 rings (SSSR count). The topological polar surface area (TPSA) is 92.3 Å². The fraction of sp³-hybridized carbons (Fsp3) is 0.429. The number of hydrogen-bond acceptors (Lipinski definition) is 6. The number of alkyl halides is 3. The molecule has 1 saturated heterocycles. The van der Waals surface area contributed by atoms with Crippen molar-refractivity contribution >= 4 is 16.9 Å². The Bertz CT molecular complexity index is 1090. The maximum atomic E-state index is 13.2. The van der Waals surface area contributed by atoms with Gasteiger partial charge in [-0.2, -0.15) is 13.2 Å². The van der Waals surface area contributed by atoms with E-state index in [0.717, 1.165) is 11.6 Å². The van der Waals surface area contributed by atoms with Gasteiger partial charge < -0.3 is 24.9 Å². The highest BCUT2D eigenvalue weighted by Gasteiger charge is 2.46. The second-order valence-corrected chi connectivity index (χ2v) is 7.96. The van der Waals surface area contributed by atoms with Gasteiger partial charge in [-0.05, 0) is 12.1 Å². The lowest BCUT2D eigenvalue weighted by Gasteiger charge is -2.45. The van der Waals surface area contributed by atoms with Gasteiger partial charge in [-0.15, -0.1) is 0 Å². The smallest absolute Gasteiger partial charge is 0.431 e. The van der Waals surface area contributed by atoms with Crippen LogP contribution in [0.15, 0.2) is 36.7 Å². The summed E-state index contributed by atoms with van der Waals surface area (Å²) in [6.45, 7) is 1.14. The van der Waals surface area contributed by atoms with Crippen LogP contribution in [0, 0.1) is 5.92 Å². The van der Waals surface area contributed by atoms with Crippen molar-refractivity contribution in [1.29, 1.82) is 0 Å². The summed E-state index contributed by atoms with van der Waals surface area (Å²) in [6, 6.07) is 8.02. The molecule has 2 aliphatic rings. The zero-order chi connectivity index (χ0) is 21.6. The molecule has 0 saturated carbocycles. The standard InChI is InChI=1S/C21H21F3N4O3/c22-21(23,24)16-9-13-18(27-16)25-11-26-19(13)28-17-12-3-1-2-4-15(12)31-10-14(17)20(29)5-7-30-8-6-20/h1-4,9,11,14,17,29H,5-8,10H2,(H2,25,26,27,28)/t14-,17-/m0/s1. The molecule has 4 heterocycles. The second kappa shape index (κ2) is 7.38. The van der Waals surface area contributed by atoms with Gasteiger partial charge in [0.25, 0.3) is 0 Å². The number of rotatable bonds is 3. The zero-order valence-corrected chi connectivity index (χ0v) is 16.4. The van der Waals surface area contributed by atoms with E-state index in [9.17, 15) is 18.3 Å². The van der Waals surface area contributed by atoms with E-state index in [-0.39, 0.29) is 29.4 Å². The molecule has 3 aromatic rings. The van der Waals surface area contributed by atoms with Crippen LogP contribution in [0.3, 0.4) is 0 Å². The monoisotopic (exact) mass is 434 g/mol. The summed E-state index contributed by atoms with van der Waals surface area (Å²) in [5.41, 5.74) is -1.02. The summed E-state index contributed by atoms with van der Waals surface area (Å²) in [6.07, 6.45) is -2.42. The Morgan fingerprint density at radius 1 is 1.16 bits per heavy atom. The van der Waals surface area contributed by atoms with E-state index in [4.69, 9.17) is 9.47 Å². The molecular weight excluding hydrogens is 413 g/mol. The largest absolute Gasteiger partial charge is 0.493 e. The summed E-state index contributed by atoms with van der Waals surface area (Å²) in [5.74, 6) is 0.582. The number of para-hydroxylation sites is 1. The van der Waals surface area contributed by atoms with E-state index in [1.807, 2.05) is 24.3 Å². The molecule has 164 valence electrons. The number of nitrogens with zero attached hydrogens (tertiary/aromatic N) is 2. The fourth-order valence-corrected chi connectivity index (χ4v) is 4.46. The molecule has 0 spiro atoms. The molecule has 1 fully saturated rings. The van der Waals surface area contributed by atoms with Crippen LogP contribution in [-0.2, 0) is 10.9 Å². The Labute approximate surface area is 175 Å². The summed E-state index contributed by atoms with van der Waals surface area (Å²) < 4.78 is 51.0. The fourth-order valence-electron chi connectivity index (χ4n) is 4.46.